The number of hydrogen-bond donors (Lipinski definition) is 0. The van der Waals surface area contributed by atoms with Crippen LogP contribution in [0.3, 0.4) is 0 Å². The summed E-state index contributed by atoms with van der Waals surface area (Å²) in [6.07, 6.45) is 0.255. The molecule has 1 unspecified atom stereocenters. The van der Waals surface area contributed by atoms with Crippen LogP contribution in [0, 0.1) is 0 Å². The van der Waals surface area contributed by atoms with Crippen molar-refractivity contribution in [3.63, 3.8) is 0 Å². The van der Waals surface area contributed by atoms with Crippen LogP contribution < -0.4 is 9.80 Å². The third-order valence-corrected chi connectivity index (χ3v) is 5.30. The van der Waals surface area contributed by atoms with Gasteiger partial charge in [0.1, 0.15) is 0 Å². The van der Waals surface area contributed by atoms with Crippen LogP contribution in [-0.4, -0.2) is 48.9 Å². The Morgan fingerprint density at radius 2 is 1.54 bits per heavy atom. The zero-order valence-corrected chi connectivity index (χ0v) is 15.1. The van der Waals surface area contributed by atoms with Crippen molar-refractivity contribution in [1.29, 1.82) is 0 Å². The maximum atomic E-state index is 12.8. The molecule has 2 saturated heterocycles. The van der Waals surface area contributed by atoms with Gasteiger partial charge in [-0.15, -0.1) is 0 Å². The van der Waals surface area contributed by atoms with Gasteiger partial charge in [0.25, 0.3) is 5.91 Å². The summed E-state index contributed by atoms with van der Waals surface area (Å²) < 4.78 is 0. The SMILES string of the molecule is O=C1CC(N2CCN(c3cccc(Cl)c3)CC2)C(=O)N1c1ccccc1. The fourth-order valence-electron chi connectivity index (χ4n) is 3.71. The van der Waals surface area contributed by atoms with Crippen LogP contribution in [-0.2, 0) is 9.59 Å². The molecule has 0 aliphatic carbocycles. The number of imide groups is 1. The molecular formula is C20H20ClN3O2. The number of hydrogen-bond acceptors (Lipinski definition) is 4. The van der Waals surface area contributed by atoms with Crippen LogP contribution in [0.25, 0.3) is 0 Å². The second kappa shape index (κ2) is 7.09. The molecule has 2 heterocycles. The van der Waals surface area contributed by atoms with Crippen LogP contribution in [0.15, 0.2) is 54.6 Å². The molecule has 134 valence electrons. The molecule has 2 aliphatic rings. The van der Waals surface area contributed by atoms with Crippen LogP contribution >= 0.6 is 11.6 Å². The van der Waals surface area contributed by atoms with Gasteiger partial charge in [0, 0.05) is 36.9 Å². The highest BCUT2D eigenvalue weighted by molar-refractivity contribution is 6.30. The minimum atomic E-state index is -0.357. The van der Waals surface area contributed by atoms with Gasteiger partial charge in [0.15, 0.2) is 0 Å². The Bertz CT molecular complexity index is 819. The normalized spacial score (nSPS) is 21.5. The lowest BCUT2D eigenvalue weighted by Crippen LogP contribution is -2.52. The number of benzene rings is 2. The van der Waals surface area contributed by atoms with Crippen LogP contribution in [0.1, 0.15) is 6.42 Å². The Balaban J connectivity index is 1.43. The van der Waals surface area contributed by atoms with Gasteiger partial charge in [-0.25, -0.2) is 4.90 Å². The summed E-state index contributed by atoms with van der Waals surface area (Å²) in [6.45, 7) is 3.12. The predicted octanol–water partition coefficient (Wildman–Crippen LogP) is 2.79. The number of nitrogens with zero attached hydrogens (tertiary/aromatic N) is 3. The molecule has 2 aliphatic heterocycles. The first kappa shape index (κ1) is 17.1. The molecule has 4 rings (SSSR count). The van der Waals surface area contributed by atoms with Crippen molar-refractivity contribution in [2.75, 3.05) is 36.0 Å². The van der Waals surface area contributed by atoms with Crippen molar-refractivity contribution >= 4 is 34.8 Å². The fraction of sp³-hybridized carbons (Fsp3) is 0.300. The van der Waals surface area contributed by atoms with Crippen LogP contribution in [0.2, 0.25) is 5.02 Å². The molecule has 0 bridgehead atoms. The second-order valence-corrected chi connectivity index (χ2v) is 7.06. The molecule has 2 fully saturated rings. The van der Waals surface area contributed by atoms with E-state index in [1.807, 2.05) is 42.5 Å². The number of halogens is 1. The number of anilines is 2. The predicted molar refractivity (Wildman–Crippen MR) is 103 cm³/mol. The molecule has 2 aromatic carbocycles. The minimum Gasteiger partial charge on any atom is -0.369 e. The van der Waals surface area contributed by atoms with Gasteiger partial charge in [-0.05, 0) is 30.3 Å². The molecule has 6 heteroatoms. The first-order chi connectivity index (χ1) is 12.6. The molecule has 5 nitrogen and oxygen atoms in total. The number of para-hydroxylation sites is 1. The lowest BCUT2D eigenvalue weighted by molar-refractivity contribution is -0.123. The van der Waals surface area contributed by atoms with E-state index in [0.29, 0.717) is 5.69 Å². The van der Waals surface area contributed by atoms with Crippen molar-refractivity contribution in [2.45, 2.75) is 12.5 Å². The van der Waals surface area contributed by atoms with E-state index in [2.05, 4.69) is 9.80 Å². The van der Waals surface area contributed by atoms with E-state index >= 15 is 0 Å². The first-order valence-electron chi connectivity index (χ1n) is 8.80. The van der Waals surface area contributed by atoms with Gasteiger partial charge in [0.2, 0.25) is 5.91 Å². The summed E-state index contributed by atoms with van der Waals surface area (Å²) >= 11 is 6.08. The van der Waals surface area contributed by atoms with Gasteiger partial charge >= 0.3 is 0 Å². The van der Waals surface area contributed by atoms with Crippen molar-refractivity contribution in [3.05, 3.63) is 59.6 Å². The number of carbonyl (C=O) groups is 2. The quantitative estimate of drug-likeness (QED) is 0.780. The van der Waals surface area contributed by atoms with Gasteiger partial charge in [-0.1, -0.05) is 35.9 Å². The number of piperazine rings is 1. The highest BCUT2D eigenvalue weighted by Gasteiger charge is 2.43. The summed E-state index contributed by atoms with van der Waals surface area (Å²) in [6, 6.07) is 16.6. The van der Waals surface area contributed by atoms with Gasteiger partial charge in [-0.2, -0.15) is 0 Å². The Morgan fingerprint density at radius 3 is 2.23 bits per heavy atom. The summed E-state index contributed by atoms with van der Waals surface area (Å²) in [7, 11) is 0. The Hall–Kier alpha value is -2.37. The van der Waals surface area contributed by atoms with Crippen molar-refractivity contribution < 1.29 is 9.59 Å². The third kappa shape index (κ3) is 3.20. The molecule has 0 N–H and O–H groups in total. The van der Waals surface area contributed by atoms with Gasteiger partial charge < -0.3 is 4.90 Å². The number of amides is 2. The molecule has 0 spiro atoms. The second-order valence-electron chi connectivity index (χ2n) is 6.63. The smallest absolute Gasteiger partial charge is 0.251 e. The van der Waals surface area contributed by atoms with Crippen LogP contribution in [0.4, 0.5) is 11.4 Å². The Labute approximate surface area is 157 Å². The van der Waals surface area contributed by atoms with E-state index in [0.717, 1.165) is 36.9 Å². The fourth-order valence-corrected chi connectivity index (χ4v) is 3.90. The maximum Gasteiger partial charge on any atom is 0.251 e. The van der Waals surface area contributed by atoms with E-state index in [1.165, 1.54) is 4.90 Å². The maximum absolute atomic E-state index is 12.8. The topological polar surface area (TPSA) is 43.9 Å². The highest BCUT2D eigenvalue weighted by atomic mass is 35.5. The largest absolute Gasteiger partial charge is 0.369 e. The molecular weight excluding hydrogens is 350 g/mol. The molecule has 2 aromatic rings. The molecule has 0 radical (unpaired) electrons. The van der Waals surface area contributed by atoms with E-state index < -0.39 is 0 Å². The molecule has 0 aromatic heterocycles. The van der Waals surface area contributed by atoms with Crippen molar-refractivity contribution in [1.82, 2.24) is 4.90 Å². The highest BCUT2D eigenvalue weighted by Crippen LogP contribution is 2.27. The van der Waals surface area contributed by atoms with Gasteiger partial charge in [-0.3, -0.25) is 14.5 Å². The molecule has 1 atom stereocenters. The monoisotopic (exact) mass is 369 g/mol. The lowest BCUT2D eigenvalue weighted by atomic mass is 10.1. The summed E-state index contributed by atoms with van der Waals surface area (Å²) in [5.74, 6) is -0.235. The Morgan fingerprint density at radius 1 is 0.846 bits per heavy atom. The molecule has 2 amide bonds. The zero-order valence-electron chi connectivity index (χ0n) is 14.3. The summed E-state index contributed by atoms with van der Waals surface area (Å²) in [5.41, 5.74) is 1.75. The van der Waals surface area contributed by atoms with Crippen molar-refractivity contribution in [2.24, 2.45) is 0 Å². The van der Waals surface area contributed by atoms with E-state index in [-0.39, 0.29) is 24.3 Å². The van der Waals surface area contributed by atoms with Crippen LogP contribution in [0.5, 0.6) is 0 Å². The molecule has 0 saturated carbocycles. The zero-order chi connectivity index (χ0) is 18.1. The average molecular weight is 370 g/mol. The summed E-state index contributed by atoms with van der Waals surface area (Å²) in [5, 5.41) is 0.722. The Kier molecular flexibility index (Phi) is 4.66. The first-order valence-corrected chi connectivity index (χ1v) is 9.18. The van der Waals surface area contributed by atoms with Crippen molar-refractivity contribution in [3.8, 4) is 0 Å². The average Bonchev–Trinajstić information content (AvgIpc) is 2.97. The minimum absolute atomic E-state index is 0.114. The van der Waals surface area contributed by atoms with E-state index in [4.69, 9.17) is 11.6 Å². The lowest BCUT2D eigenvalue weighted by Gasteiger charge is -2.38. The third-order valence-electron chi connectivity index (χ3n) is 5.07. The van der Waals surface area contributed by atoms with Gasteiger partial charge in [0.05, 0.1) is 18.2 Å². The number of carbonyl (C=O) groups excluding carboxylic acids is 2. The van der Waals surface area contributed by atoms with E-state index in [9.17, 15) is 9.59 Å². The standard InChI is InChI=1S/C20H20ClN3O2/c21-15-5-4-8-17(13-15)22-9-11-23(12-10-22)18-14-19(25)24(20(18)26)16-6-2-1-3-7-16/h1-8,13,18H,9-12,14H2. The molecule has 26 heavy (non-hydrogen) atoms. The summed E-state index contributed by atoms with van der Waals surface area (Å²) in [4.78, 5) is 31.0. The number of rotatable bonds is 3. The van der Waals surface area contributed by atoms with E-state index in [1.54, 1.807) is 12.1 Å².